The Bertz CT molecular complexity index is 1910. The minimum atomic E-state index is -1.01. The molecule has 1 saturated heterocycles. The summed E-state index contributed by atoms with van der Waals surface area (Å²) >= 11 is 0. The largest absolute Gasteiger partial charge is 0.379 e. The fourth-order valence-corrected chi connectivity index (χ4v) is 9.10. The van der Waals surface area contributed by atoms with Crippen molar-refractivity contribution in [2.75, 3.05) is 54.3 Å². The number of hydrogen-bond donors (Lipinski definition) is 5. The average molecular weight is 951 g/mol. The van der Waals surface area contributed by atoms with Crippen molar-refractivity contribution in [2.24, 2.45) is 23.7 Å². The van der Waals surface area contributed by atoms with E-state index in [1.54, 1.807) is 69.1 Å². The summed E-state index contributed by atoms with van der Waals surface area (Å²) in [5.74, 6) is -2.84. The van der Waals surface area contributed by atoms with E-state index in [4.69, 9.17) is 14.3 Å². The van der Waals surface area contributed by atoms with Gasteiger partial charge in [-0.05, 0) is 81.9 Å². The molecule has 2 aromatic rings. The second-order valence-electron chi connectivity index (χ2n) is 19.2. The van der Waals surface area contributed by atoms with Gasteiger partial charge in [0.2, 0.25) is 29.5 Å². The number of amides is 6. The molecule has 10 atom stereocenters. The van der Waals surface area contributed by atoms with Crippen LogP contribution in [0.15, 0.2) is 54.6 Å². The molecule has 1 aliphatic heterocycles. The third kappa shape index (κ3) is 16.1. The summed E-state index contributed by atoms with van der Waals surface area (Å²) in [7, 11) is 10.2. The molecule has 6 amide bonds. The lowest BCUT2D eigenvalue weighted by atomic mass is 9.89. The van der Waals surface area contributed by atoms with E-state index in [0.717, 1.165) is 11.1 Å². The van der Waals surface area contributed by atoms with Gasteiger partial charge in [-0.15, -0.1) is 0 Å². The molecule has 5 N–H and O–H groups in total. The summed E-state index contributed by atoms with van der Waals surface area (Å²) in [6.45, 7) is 15.8. The smallest absolute Gasteiger partial charge is 0.266 e. The van der Waals surface area contributed by atoms with Crippen molar-refractivity contribution >= 4 is 41.1 Å². The maximum atomic E-state index is 14.4. The summed E-state index contributed by atoms with van der Waals surface area (Å²) in [6, 6.07) is 12.8. The summed E-state index contributed by atoms with van der Waals surface area (Å²) in [5.41, 5.74) is 4.69. The van der Waals surface area contributed by atoms with Crippen molar-refractivity contribution < 1.29 is 43.1 Å². The molecule has 68 heavy (non-hydrogen) atoms. The third-order valence-electron chi connectivity index (χ3n) is 13.3. The van der Waals surface area contributed by atoms with E-state index < -0.39 is 60.1 Å². The minimum Gasteiger partial charge on any atom is -0.379 e. The fraction of sp³-hybridized carbons (Fsp3) is 0.647. The number of anilines is 1. The first-order valence-electron chi connectivity index (χ1n) is 24.1. The molecule has 0 aliphatic carbocycles. The van der Waals surface area contributed by atoms with Crippen LogP contribution < -0.4 is 26.7 Å². The molecule has 0 spiro atoms. The molecule has 0 bridgehead atoms. The molecule has 0 saturated carbocycles. The number of methoxy groups -OCH3 is 2. The highest BCUT2D eigenvalue weighted by Crippen LogP contribution is 2.30. The van der Waals surface area contributed by atoms with Gasteiger partial charge in [0.1, 0.15) is 12.1 Å². The Kier molecular flexibility index (Phi) is 23.5. The van der Waals surface area contributed by atoms with E-state index in [-0.39, 0.29) is 66.9 Å². The van der Waals surface area contributed by atoms with Crippen LogP contribution in [0.5, 0.6) is 0 Å². The number of likely N-dealkylation sites (tertiary alicyclic amines) is 1. The van der Waals surface area contributed by atoms with Gasteiger partial charge in [-0.25, -0.2) is 5.48 Å². The van der Waals surface area contributed by atoms with Crippen molar-refractivity contribution in [2.45, 2.75) is 143 Å². The van der Waals surface area contributed by atoms with Gasteiger partial charge in [-0.2, -0.15) is 0 Å². The average Bonchev–Trinajstić information content (AvgIpc) is 3.80. The van der Waals surface area contributed by atoms with Crippen LogP contribution in [0.4, 0.5) is 5.69 Å². The van der Waals surface area contributed by atoms with Gasteiger partial charge in [0.25, 0.3) is 5.91 Å². The van der Waals surface area contributed by atoms with E-state index in [0.29, 0.717) is 31.5 Å². The zero-order valence-corrected chi connectivity index (χ0v) is 43.1. The number of carbonyl (C=O) groups is 6. The molecule has 2 aromatic carbocycles. The van der Waals surface area contributed by atoms with Gasteiger partial charge in [-0.1, -0.05) is 97.4 Å². The molecule has 1 heterocycles. The van der Waals surface area contributed by atoms with Crippen molar-refractivity contribution in [3.05, 3.63) is 65.7 Å². The zero-order chi connectivity index (χ0) is 50.8. The molecule has 17 heteroatoms. The number of hydroxylamine groups is 1. The van der Waals surface area contributed by atoms with Crippen LogP contribution in [0.25, 0.3) is 0 Å². The predicted molar refractivity (Wildman–Crippen MR) is 264 cm³/mol. The molecule has 1 aliphatic rings. The monoisotopic (exact) mass is 951 g/mol. The Balaban J connectivity index is 1.76. The van der Waals surface area contributed by atoms with Crippen LogP contribution in [0.3, 0.4) is 0 Å². The Morgan fingerprint density at radius 1 is 0.779 bits per heavy atom. The molecule has 3 rings (SSSR count). The second kappa shape index (κ2) is 27.9. The molecule has 0 aromatic heterocycles. The Hall–Kier alpha value is -4.94. The maximum absolute atomic E-state index is 14.4. The topological polar surface area (TPSA) is 200 Å². The first kappa shape index (κ1) is 57.4. The lowest BCUT2D eigenvalue weighted by Gasteiger charge is -2.41. The van der Waals surface area contributed by atoms with Crippen LogP contribution in [0.2, 0.25) is 0 Å². The van der Waals surface area contributed by atoms with E-state index >= 15 is 0 Å². The first-order valence-corrected chi connectivity index (χ1v) is 24.1. The first-order chi connectivity index (χ1) is 32.2. The maximum Gasteiger partial charge on any atom is 0.266 e. The van der Waals surface area contributed by atoms with Crippen molar-refractivity contribution in [1.29, 1.82) is 0 Å². The van der Waals surface area contributed by atoms with E-state index in [1.165, 1.54) is 7.11 Å². The normalized spacial score (nSPS) is 17.9. The highest BCUT2D eigenvalue weighted by molar-refractivity contribution is 5.94. The molecular weight excluding hydrogens is 869 g/mol. The van der Waals surface area contributed by atoms with Gasteiger partial charge in [-0.3, -0.25) is 38.5 Å². The van der Waals surface area contributed by atoms with E-state index in [1.807, 2.05) is 90.9 Å². The van der Waals surface area contributed by atoms with Gasteiger partial charge in [0.05, 0.1) is 55.3 Å². The minimum absolute atomic E-state index is 0.0218. The molecule has 380 valence electrons. The number of nitrogens with zero attached hydrogens (tertiary/aromatic N) is 3. The Morgan fingerprint density at radius 2 is 1.43 bits per heavy atom. The van der Waals surface area contributed by atoms with Crippen LogP contribution >= 0.6 is 0 Å². The lowest BCUT2D eigenvalue weighted by Crippen LogP contribution is -2.59. The standard InChI is InChI=1S/C51H82N8O9/c1-15-33(6)45(58(12)51(65)43(31(2)3)55-50(64)44(32(4)5)57(10)11)41(66-13)29-42(60)59-27-19-22-40(59)46(67-14)34(7)47(61)54-39(28-36-20-17-16-18-21-36)49(63)56-68-30-37-23-25-38(26-24-37)53-48(62)35(8)52-9/h16-18,20-21,23-26,31-35,39-41,43-46,52H,15,19,22,27-30H2,1-14H3,(H,53,62)(H,54,61)(H,55,64)(H,56,63)/t33-,34+,35+,39-,40-,41+,43-,44-,45-,46+/m0/s1. The lowest BCUT2D eigenvalue weighted by molar-refractivity contribution is -0.148. The number of ether oxygens (including phenoxy) is 2. The third-order valence-corrected chi connectivity index (χ3v) is 13.3. The van der Waals surface area contributed by atoms with Crippen LogP contribution in [0.1, 0.15) is 92.2 Å². The summed E-state index contributed by atoms with van der Waals surface area (Å²) < 4.78 is 12.1. The number of benzene rings is 2. The van der Waals surface area contributed by atoms with Gasteiger partial charge < -0.3 is 40.5 Å². The second-order valence-corrected chi connectivity index (χ2v) is 19.2. The van der Waals surface area contributed by atoms with Gasteiger partial charge in [0, 0.05) is 39.9 Å². The van der Waals surface area contributed by atoms with Crippen molar-refractivity contribution in [3.8, 4) is 0 Å². The van der Waals surface area contributed by atoms with Gasteiger partial charge >= 0.3 is 0 Å². The fourth-order valence-electron chi connectivity index (χ4n) is 9.10. The summed E-state index contributed by atoms with van der Waals surface area (Å²) in [5, 5.41) is 11.7. The molecule has 0 radical (unpaired) electrons. The number of carbonyl (C=O) groups excluding carboxylic acids is 6. The zero-order valence-electron chi connectivity index (χ0n) is 43.1. The van der Waals surface area contributed by atoms with Gasteiger partial charge in [0.15, 0.2) is 0 Å². The van der Waals surface area contributed by atoms with Crippen molar-refractivity contribution in [3.63, 3.8) is 0 Å². The van der Waals surface area contributed by atoms with Crippen LogP contribution in [-0.4, -0.2) is 148 Å². The summed E-state index contributed by atoms with van der Waals surface area (Å²) in [4.78, 5) is 93.3. The molecule has 0 unspecified atom stereocenters. The predicted octanol–water partition coefficient (Wildman–Crippen LogP) is 4.16. The number of rotatable bonds is 27. The highest BCUT2D eigenvalue weighted by Gasteiger charge is 2.43. The Labute approximate surface area is 405 Å². The number of nitrogens with one attached hydrogen (secondary N) is 5. The van der Waals surface area contributed by atoms with Crippen LogP contribution in [-0.2, 0) is 56.1 Å². The summed E-state index contributed by atoms with van der Waals surface area (Å²) in [6.07, 6.45) is 0.762. The number of likely N-dealkylation sites (N-methyl/N-ethyl adjacent to an activating group) is 3. The van der Waals surface area contributed by atoms with Crippen molar-refractivity contribution in [1.82, 2.24) is 36.1 Å². The van der Waals surface area contributed by atoms with Crippen LogP contribution in [0, 0.1) is 23.7 Å². The molecule has 17 nitrogen and oxygen atoms in total. The van der Waals surface area contributed by atoms with E-state index in [9.17, 15) is 28.8 Å². The Morgan fingerprint density at radius 3 is 1.97 bits per heavy atom. The quantitative estimate of drug-likeness (QED) is 0.0807. The molecular formula is C51H82N8O9. The van der Waals surface area contributed by atoms with E-state index in [2.05, 4.69) is 26.7 Å². The highest BCUT2D eigenvalue weighted by atomic mass is 16.7. The SMILES string of the molecule is CC[C@H](C)[C@@H]([C@@H](CC(=O)N1CCC[C@H]1[C@H](OC)[C@@H](C)C(=O)N[C@@H](Cc1ccccc1)C(=O)NOCc1ccc(NC(=O)[C@@H](C)NC)cc1)OC)N(C)C(=O)[C@@H](NC(=O)[C@H](C(C)C)N(C)C)C(C)C. The molecule has 1 fully saturated rings. The number of hydrogen-bond acceptors (Lipinski definition) is 11.